The van der Waals surface area contributed by atoms with Crippen molar-refractivity contribution in [3.63, 3.8) is 0 Å². The van der Waals surface area contributed by atoms with E-state index < -0.39 is 6.04 Å². The molecule has 0 fully saturated rings. The van der Waals surface area contributed by atoms with E-state index >= 15 is 0 Å². The van der Waals surface area contributed by atoms with Gasteiger partial charge in [0.25, 0.3) is 5.91 Å². The third kappa shape index (κ3) is 2.11. The van der Waals surface area contributed by atoms with Crippen molar-refractivity contribution in [2.75, 3.05) is 12.1 Å². The Hall–Kier alpha value is -1.59. The van der Waals surface area contributed by atoms with Crippen molar-refractivity contribution in [2.45, 2.75) is 13.0 Å². The number of amides is 1. The summed E-state index contributed by atoms with van der Waals surface area (Å²) in [5.74, 6) is -0.273. The quantitative estimate of drug-likeness (QED) is 0.817. The maximum atomic E-state index is 11.8. The number of hydrogen-bond donors (Lipinski definition) is 1. The first kappa shape index (κ1) is 11.9. The molecular formula is C11H12ClN3O2. The molecule has 0 saturated carbocycles. The molecule has 0 saturated heterocycles. The smallest absolute Gasteiger partial charge is 0.273 e. The van der Waals surface area contributed by atoms with Gasteiger partial charge in [0, 0.05) is 12.1 Å². The average molecular weight is 254 g/mol. The zero-order chi connectivity index (χ0) is 12.6. The third-order valence-electron chi connectivity index (χ3n) is 2.57. The van der Waals surface area contributed by atoms with Crippen LogP contribution < -0.4 is 5.06 Å². The molecule has 2 rings (SSSR count). The van der Waals surface area contributed by atoms with Gasteiger partial charge >= 0.3 is 0 Å². The van der Waals surface area contributed by atoms with E-state index in [1.807, 2.05) is 0 Å². The van der Waals surface area contributed by atoms with Gasteiger partial charge in [-0.15, -0.1) is 0 Å². The fraction of sp³-hybridized carbons (Fsp3) is 0.273. The Kier molecular flexibility index (Phi) is 3.04. The largest absolute Gasteiger partial charge is 0.287 e. The maximum Gasteiger partial charge on any atom is 0.273 e. The summed E-state index contributed by atoms with van der Waals surface area (Å²) in [6.07, 6.45) is 0. The molecule has 1 N–H and O–H groups in total. The lowest BCUT2D eigenvalue weighted by atomic mass is 10.1. The number of anilines is 1. The van der Waals surface area contributed by atoms with Crippen LogP contribution in [0.3, 0.4) is 0 Å². The van der Waals surface area contributed by atoms with Crippen LogP contribution in [-0.2, 0) is 4.79 Å². The number of likely N-dealkylation sites (N-methyl/N-ethyl adjacent to an activating group) is 1. The van der Waals surface area contributed by atoms with Crippen molar-refractivity contribution in [1.82, 2.24) is 5.01 Å². The van der Waals surface area contributed by atoms with Crippen LogP contribution in [-0.4, -0.2) is 34.9 Å². The number of rotatable bonds is 2. The number of hydroxylamine groups is 1. The van der Waals surface area contributed by atoms with Gasteiger partial charge in [-0.1, -0.05) is 17.7 Å². The van der Waals surface area contributed by atoms with Crippen LogP contribution in [0.4, 0.5) is 5.69 Å². The van der Waals surface area contributed by atoms with Crippen LogP contribution in [0.5, 0.6) is 0 Å². The molecule has 0 aromatic heterocycles. The van der Waals surface area contributed by atoms with Crippen molar-refractivity contribution in [3.8, 4) is 0 Å². The van der Waals surface area contributed by atoms with Gasteiger partial charge in [-0.05, 0) is 25.1 Å². The SMILES string of the molecule is CC1=NN(C)C(=O)C1N(O)c1cccc(Cl)c1. The number of benzene rings is 1. The van der Waals surface area contributed by atoms with Crippen molar-refractivity contribution < 1.29 is 10.0 Å². The lowest BCUT2D eigenvalue weighted by molar-refractivity contribution is -0.129. The molecule has 0 radical (unpaired) electrons. The van der Waals surface area contributed by atoms with E-state index in [-0.39, 0.29) is 5.91 Å². The molecule has 17 heavy (non-hydrogen) atoms. The lowest BCUT2D eigenvalue weighted by Gasteiger charge is -2.23. The summed E-state index contributed by atoms with van der Waals surface area (Å²) in [5.41, 5.74) is 1.00. The molecule has 1 aromatic rings. The molecule has 6 heteroatoms. The monoisotopic (exact) mass is 253 g/mol. The third-order valence-corrected chi connectivity index (χ3v) is 2.81. The van der Waals surface area contributed by atoms with Crippen molar-refractivity contribution >= 4 is 28.9 Å². The highest BCUT2D eigenvalue weighted by atomic mass is 35.5. The average Bonchev–Trinajstić information content (AvgIpc) is 2.52. The Morgan fingerprint density at radius 1 is 1.53 bits per heavy atom. The molecule has 0 bridgehead atoms. The molecule has 0 spiro atoms. The standard InChI is InChI=1S/C11H12ClN3O2/c1-7-10(11(16)14(2)13-7)15(17)9-5-3-4-8(12)6-9/h3-6,10,17H,1-2H3. The number of halogens is 1. The Morgan fingerprint density at radius 2 is 2.24 bits per heavy atom. The predicted octanol–water partition coefficient (Wildman–Crippen LogP) is 1.75. The van der Waals surface area contributed by atoms with Crippen LogP contribution in [0.25, 0.3) is 0 Å². The molecule has 0 aliphatic carbocycles. The summed E-state index contributed by atoms with van der Waals surface area (Å²) in [4.78, 5) is 11.8. The number of carbonyl (C=O) groups excluding carboxylic acids is 1. The van der Waals surface area contributed by atoms with E-state index in [2.05, 4.69) is 5.10 Å². The maximum absolute atomic E-state index is 11.8. The zero-order valence-electron chi connectivity index (χ0n) is 9.46. The second kappa shape index (κ2) is 4.35. The Bertz CT molecular complexity index is 489. The van der Waals surface area contributed by atoms with Crippen LogP contribution in [0.15, 0.2) is 29.4 Å². The molecule has 90 valence electrons. The van der Waals surface area contributed by atoms with E-state index in [4.69, 9.17) is 11.6 Å². The van der Waals surface area contributed by atoms with E-state index in [0.717, 1.165) is 5.06 Å². The first-order valence-corrected chi connectivity index (χ1v) is 5.45. The molecule has 1 aliphatic heterocycles. The van der Waals surface area contributed by atoms with Gasteiger partial charge in [0.15, 0.2) is 6.04 Å². The summed E-state index contributed by atoms with van der Waals surface area (Å²) >= 11 is 5.83. The minimum atomic E-state index is -0.779. The fourth-order valence-electron chi connectivity index (χ4n) is 1.75. The lowest BCUT2D eigenvalue weighted by Crippen LogP contribution is -2.43. The van der Waals surface area contributed by atoms with Gasteiger partial charge in [0.2, 0.25) is 0 Å². The number of carbonyl (C=O) groups is 1. The number of hydrogen-bond acceptors (Lipinski definition) is 4. The van der Waals surface area contributed by atoms with Crippen LogP contribution in [0.1, 0.15) is 6.92 Å². The van der Waals surface area contributed by atoms with Crippen molar-refractivity contribution in [1.29, 1.82) is 0 Å². The van der Waals surface area contributed by atoms with Gasteiger partial charge in [0.1, 0.15) is 0 Å². The summed E-state index contributed by atoms with van der Waals surface area (Å²) in [5, 5.41) is 16.6. The van der Waals surface area contributed by atoms with Gasteiger partial charge in [-0.25, -0.2) is 10.1 Å². The summed E-state index contributed by atoms with van der Waals surface area (Å²) in [6.45, 7) is 1.69. The predicted molar refractivity (Wildman–Crippen MR) is 65.4 cm³/mol. The molecule has 1 aromatic carbocycles. The minimum absolute atomic E-state index is 0.273. The molecule has 1 aliphatic rings. The van der Waals surface area contributed by atoms with Gasteiger partial charge in [-0.2, -0.15) is 5.10 Å². The second-order valence-electron chi connectivity index (χ2n) is 3.83. The Morgan fingerprint density at radius 3 is 2.76 bits per heavy atom. The Labute approximate surface area is 104 Å². The summed E-state index contributed by atoms with van der Waals surface area (Å²) in [6, 6.07) is 5.88. The fourth-order valence-corrected chi connectivity index (χ4v) is 1.93. The number of nitrogens with zero attached hydrogens (tertiary/aromatic N) is 3. The van der Waals surface area contributed by atoms with Gasteiger partial charge in [0.05, 0.1) is 11.4 Å². The number of hydrazone groups is 1. The molecule has 1 heterocycles. The van der Waals surface area contributed by atoms with Gasteiger partial charge in [-0.3, -0.25) is 10.0 Å². The zero-order valence-corrected chi connectivity index (χ0v) is 10.2. The van der Waals surface area contributed by atoms with E-state index in [9.17, 15) is 10.0 Å². The summed E-state index contributed by atoms with van der Waals surface area (Å²) < 4.78 is 0. The minimum Gasteiger partial charge on any atom is -0.287 e. The first-order chi connectivity index (χ1) is 8.00. The molecular weight excluding hydrogens is 242 g/mol. The van der Waals surface area contributed by atoms with Crippen molar-refractivity contribution in [3.05, 3.63) is 29.3 Å². The highest BCUT2D eigenvalue weighted by Gasteiger charge is 2.36. The highest BCUT2D eigenvalue weighted by Crippen LogP contribution is 2.23. The normalized spacial score (nSPS) is 19.5. The van der Waals surface area contributed by atoms with Crippen molar-refractivity contribution in [2.24, 2.45) is 5.10 Å². The molecule has 1 atom stereocenters. The summed E-state index contributed by atoms with van der Waals surface area (Å²) in [7, 11) is 1.55. The first-order valence-electron chi connectivity index (χ1n) is 5.07. The van der Waals surface area contributed by atoms with Gasteiger partial charge < -0.3 is 0 Å². The molecule has 1 unspecified atom stereocenters. The molecule has 5 nitrogen and oxygen atoms in total. The Balaban J connectivity index is 2.30. The van der Waals surface area contributed by atoms with E-state index in [0.29, 0.717) is 16.4 Å². The van der Waals surface area contributed by atoms with Crippen LogP contribution in [0.2, 0.25) is 5.02 Å². The van der Waals surface area contributed by atoms with Crippen LogP contribution in [0, 0.1) is 0 Å². The van der Waals surface area contributed by atoms with E-state index in [1.165, 1.54) is 5.01 Å². The second-order valence-corrected chi connectivity index (χ2v) is 4.27. The van der Waals surface area contributed by atoms with Crippen LogP contribution >= 0.6 is 11.6 Å². The molecule has 1 amide bonds. The highest BCUT2D eigenvalue weighted by molar-refractivity contribution is 6.30. The van der Waals surface area contributed by atoms with E-state index in [1.54, 1.807) is 38.2 Å². The topological polar surface area (TPSA) is 56.1 Å².